The number of nitrogens with one attached hydrogen (secondary N) is 1. The van der Waals surface area contributed by atoms with E-state index in [0.717, 1.165) is 5.56 Å². The molecule has 0 bridgehead atoms. The van der Waals surface area contributed by atoms with Crippen molar-refractivity contribution in [2.24, 2.45) is 0 Å². The van der Waals surface area contributed by atoms with Crippen molar-refractivity contribution < 1.29 is 27.4 Å². The number of thiazole rings is 1. The van der Waals surface area contributed by atoms with Crippen molar-refractivity contribution in [1.29, 1.82) is 0 Å². The van der Waals surface area contributed by atoms with Crippen molar-refractivity contribution in [3.8, 4) is 22.6 Å². The van der Waals surface area contributed by atoms with Crippen LogP contribution in [-0.2, 0) is 4.79 Å². The number of anilines is 1. The number of benzene rings is 2. The second-order valence-electron chi connectivity index (χ2n) is 6.50. The highest BCUT2D eigenvalue weighted by atomic mass is 32.1. The number of alkyl halides is 3. The molecule has 0 aliphatic heterocycles. The SMILES string of the molecule is CC(C)(Oc1ccc(-c2ccc(OC(F)(F)F)cc2)cc1)C(=O)Nc1nccs1. The van der Waals surface area contributed by atoms with Crippen molar-refractivity contribution in [2.45, 2.75) is 25.8 Å². The number of carbonyl (C=O) groups excluding carboxylic acids is 1. The molecule has 0 saturated carbocycles. The number of hydrogen-bond acceptors (Lipinski definition) is 5. The van der Waals surface area contributed by atoms with Gasteiger partial charge in [0.05, 0.1) is 0 Å². The molecule has 1 N–H and O–H groups in total. The van der Waals surface area contributed by atoms with Crippen molar-refractivity contribution in [3.05, 3.63) is 60.1 Å². The minimum Gasteiger partial charge on any atom is -0.478 e. The van der Waals surface area contributed by atoms with Crippen LogP contribution in [0.5, 0.6) is 11.5 Å². The molecule has 1 aromatic heterocycles. The summed E-state index contributed by atoms with van der Waals surface area (Å²) in [6.07, 6.45) is -3.13. The van der Waals surface area contributed by atoms with Gasteiger partial charge in [0, 0.05) is 11.6 Å². The van der Waals surface area contributed by atoms with E-state index in [-0.39, 0.29) is 11.7 Å². The van der Waals surface area contributed by atoms with Gasteiger partial charge in [-0.1, -0.05) is 24.3 Å². The van der Waals surface area contributed by atoms with E-state index in [1.54, 1.807) is 49.7 Å². The lowest BCUT2D eigenvalue weighted by atomic mass is 10.1. The summed E-state index contributed by atoms with van der Waals surface area (Å²) < 4.78 is 46.4. The monoisotopic (exact) mass is 422 g/mol. The quantitative estimate of drug-likeness (QED) is 0.570. The highest BCUT2D eigenvalue weighted by Gasteiger charge is 2.31. The van der Waals surface area contributed by atoms with Gasteiger partial charge >= 0.3 is 6.36 Å². The van der Waals surface area contributed by atoms with Gasteiger partial charge in [0.15, 0.2) is 10.7 Å². The van der Waals surface area contributed by atoms with E-state index in [1.165, 1.54) is 35.6 Å². The maximum atomic E-state index is 12.4. The molecule has 152 valence electrons. The second kappa shape index (κ2) is 8.12. The van der Waals surface area contributed by atoms with Crippen molar-refractivity contribution in [1.82, 2.24) is 4.98 Å². The van der Waals surface area contributed by atoms with Gasteiger partial charge in [-0.2, -0.15) is 0 Å². The zero-order chi connectivity index (χ0) is 21.1. The zero-order valence-electron chi connectivity index (χ0n) is 15.5. The third kappa shape index (κ3) is 5.71. The summed E-state index contributed by atoms with van der Waals surface area (Å²) in [6.45, 7) is 3.28. The van der Waals surface area contributed by atoms with Gasteiger partial charge in [-0.3, -0.25) is 10.1 Å². The van der Waals surface area contributed by atoms with E-state index >= 15 is 0 Å². The van der Waals surface area contributed by atoms with Crippen LogP contribution in [0.25, 0.3) is 11.1 Å². The normalized spacial score (nSPS) is 11.8. The molecule has 0 fully saturated rings. The third-order valence-corrected chi connectivity index (χ3v) is 4.54. The number of amides is 1. The first-order valence-corrected chi connectivity index (χ1v) is 9.36. The predicted octanol–water partition coefficient (Wildman–Crippen LogP) is 5.50. The minimum absolute atomic E-state index is 0.283. The standard InChI is InChI=1S/C20H17F3N2O3S/c1-19(2,17(26)25-18-24-11-12-29-18)27-15-7-3-13(4-8-15)14-5-9-16(10-6-14)28-20(21,22)23/h3-12H,1-2H3,(H,24,25,26). The van der Waals surface area contributed by atoms with Crippen molar-refractivity contribution >= 4 is 22.4 Å². The van der Waals surface area contributed by atoms with Crippen molar-refractivity contribution in [3.63, 3.8) is 0 Å². The predicted molar refractivity (Wildman–Crippen MR) is 104 cm³/mol. The van der Waals surface area contributed by atoms with Gasteiger partial charge < -0.3 is 9.47 Å². The first-order chi connectivity index (χ1) is 13.6. The van der Waals surface area contributed by atoms with Crippen LogP contribution in [0.2, 0.25) is 0 Å². The molecule has 2 aromatic carbocycles. The molecule has 0 unspecified atom stereocenters. The lowest BCUT2D eigenvalue weighted by molar-refractivity contribution is -0.274. The first kappa shape index (κ1) is 20.7. The average molecular weight is 422 g/mol. The van der Waals surface area contributed by atoms with Crippen LogP contribution in [0, 0.1) is 0 Å². The maximum absolute atomic E-state index is 12.4. The van der Waals surface area contributed by atoms with Crippen LogP contribution in [0.1, 0.15) is 13.8 Å². The van der Waals surface area contributed by atoms with Gasteiger partial charge in [-0.25, -0.2) is 4.98 Å². The topological polar surface area (TPSA) is 60.5 Å². The van der Waals surface area contributed by atoms with Crippen molar-refractivity contribution in [2.75, 3.05) is 5.32 Å². The molecule has 5 nitrogen and oxygen atoms in total. The van der Waals surface area contributed by atoms with Gasteiger partial charge in [-0.15, -0.1) is 24.5 Å². The number of ether oxygens (including phenoxy) is 2. The number of aromatic nitrogens is 1. The van der Waals surface area contributed by atoms with Gasteiger partial charge in [-0.05, 0) is 49.2 Å². The average Bonchev–Trinajstić information content (AvgIpc) is 3.14. The largest absolute Gasteiger partial charge is 0.573 e. The summed E-state index contributed by atoms with van der Waals surface area (Å²) >= 11 is 1.31. The summed E-state index contributed by atoms with van der Waals surface area (Å²) in [7, 11) is 0. The Morgan fingerprint density at radius 2 is 1.45 bits per heavy atom. The molecular formula is C20H17F3N2O3S. The lowest BCUT2D eigenvalue weighted by Crippen LogP contribution is -2.42. The maximum Gasteiger partial charge on any atom is 0.573 e. The number of halogens is 3. The Balaban J connectivity index is 1.65. The summed E-state index contributed by atoms with van der Waals surface area (Å²) in [5.41, 5.74) is 0.358. The Kier molecular flexibility index (Phi) is 5.78. The second-order valence-corrected chi connectivity index (χ2v) is 7.39. The first-order valence-electron chi connectivity index (χ1n) is 8.49. The molecule has 0 spiro atoms. The Hall–Kier alpha value is -3.07. The van der Waals surface area contributed by atoms with Gasteiger partial charge in [0.2, 0.25) is 0 Å². The van der Waals surface area contributed by atoms with Crippen LogP contribution >= 0.6 is 11.3 Å². The molecular weight excluding hydrogens is 405 g/mol. The minimum atomic E-state index is -4.72. The molecule has 3 rings (SSSR count). The molecule has 0 saturated heterocycles. The molecule has 0 aliphatic rings. The number of hydrogen-bond donors (Lipinski definition) is 1. The lowest BCUT2D eigenvalue weighted by Gasteiger charge is -2.24. The van der Waals surface area contributed by atoms with E-state index in [9.17, 15) is 18.0 Å². The highest BCUT2D eigenvalue weighted by molar-refractivity contribution is 7.13. The summed E-state index contributed by atoms with van der Waals surface area (Å²) in [5.74, 6) is -0.143. The number of rotatable bonds is 6. The summed E-state index contributed by atoms with van der Waals surface area (Å²) in [4.78, 5) is 16.4. The summed E-state index contributed by atoms with van der Waals surface area (Å²) in [5, 5.41) is 4.93. The van der Waals surface area contributed by atoms with E-state index in [0.29, 0.717) is 16.4 Å². The highest BCUT2D eigenvalue weighted by Crippen LogP contribution is 2.28. The fraction of sp³-hybridized carbons (Fsp3) is 0.200. The number of nitrogens with zero attached hydrogens (tertiary/aromatic N) is 1. The van der Waals surface area contributed by atoms with Gasteiger partial charge in [0.25, 0.3) is 5.91 Å². The Bertz CT molecular complexity index is 954. The molecule has 0 aliphatic carbocycles. The van der Waals surface area contributed by atoms with Crippen LogP contribution in [0.4, 0.5) is 18.3 Å². The molecule has 9 heteroatoms. The Morgan fingerprint density at radius 3 is 1.90 bits per heavy atom. The number of carbonyl (C=O) groups is 1. The van der Waals surface area contributed by atoms with Crippen LogP contribution in [0.3, 0.4) is 0 Å². The fourth-order valence-corrected chi connectivity index (χ4v) is 2.96. The van der Waals surface area contributed by atoms with E-state index in [2.05, 4.69) is 15.0 Å². The van der Waals surface area contributed by atoms with Gasteiger partial charge in [0.1, 0.15) is 11.5 Å². The molecule has 1 heterocycles. The molecule has 3 aromatic rings. The molecule has 1 amide bonds. The molecule has 29 heavy (non-hydrogen) atoms. The van der Waals surface area contributed by atoms with E-state index in [4.69, 9.17) is 4.74 Å². The smallest absolute Gasteiger partial charge is 0.478 e. The van der Waals surface area contributed by atoms with Crippen LogP contribution in [-0.4, -0.2) is 22.9 Å². The molecule has 0 atom stereocenters. The zero-order valence-corrected chi connectivity index (χ0v) is 16.3. The Morgan fingerprint density at radius 1 is 0.931 bits per heavy atom. The summed E-state index contributed by atoms with van der Waals surface area (Å²) in [6, 6.07) is 12.4. The Labute approximate surface area is 169 Å². The van der Waals surface area contributed by atoms with E-state index in [1.807, 2.05) is 0 Å². The van der Waals surface area contributed by atoms with E-state index < -0.39 is 12.0 Å². The van der Waals surface area contributed by atoms with Crippen LogP contribution < -0.4 is 14.8 Å². The molecule has 0 radical (unpaired) electrons. The fourth-order valence-electron chi connectivity index (χ4n) is 2.44. The third-order valence-electron chi connectivity index (χ3n) is 3.85. The van der Waals surface area contributed by atoms with Crippen LogP contribution in [0.15, 0.2) is 60.1 Å².